The highest BCUT2D eigenvalue weighted by molar-refractivity contribution is 6.07. The standard InChI is InChI=1S/C23H28N2O3/c1-15(2)20-11-10-19(14-17(20)4)28-13-12-25-21(26)23(5,24-22(25)27)18-8-6-16(3)7-9-18/h6-11,14-15H,12-13H2,1-5H3,(H,24,27). The first-order valence-electron chi connectivity index (χ1n) is 9.67. The summed E-state index contributed by atoms with van der Waals surface area (Å²) in [6.07, 6.45) is 0. The number of carbonyl (C=O) groups excluding carboxylic acids is 2. The van der Waals surface area contributed by atoms with Crippen LogP contribution in [-0.4, -0.2) is 30.0 Å². The van der Waals surface area contributed by atoms with Gasteiger partial charge in [0.25, 0.3) is 5.91 Å². The molecule has 28 heavy (non-hydrogen) atoms. The Morgan fingerprint density at radius 2 is 1.75 bits per heavy atom. The monoisotopic (exact) mass is 380 g/mol. The lowest BCUT2D eigenvalue weighted by atomic mass is 9.91. The molecule has 0 spiro atoms. The summed E-state index contributed by atoms with van der Waals surface area (Å²) in [4.78, 5) is 26.6. The normalized spacial score (nSPS) is 19.3. The molecule has 1 N–H and O–H groups in total. The average molecular weight is 380 g/mol. The lowest BCUT2D eigenvalue weighted by molar-refractivity contribution is -0.131. The van der Waals surface area contributed by atoms with E-state index in [1.807, 2.05) is 43.3 Å². The molecule has 1 aliphatic heterocycles. The second-order valence-corrected chi connectivity index (χ2v) is 7.90. The highest BCUT2D eigenvalue weighted by atomic mass is 16.5. The zero-order chi connectivity index (χ0) is 20.5. The van der Waals surface area contributed by atoms with Crippen LogP contribution in [-0.2, 0) is 10.3 Å². The number of hydrogen-bond acceptors (Lipinski definition) is 3. The van der Waals surface area contributed by atoms with Gasteiger partial charge in [0.05, 0.1) is 6.54 Å². The van der Waals surface area contributed by atoms with Crippen molar-refractivity contribution in [2.75, 3.05) is 13.2 Å². The minimum Gasteiger partial charge on any atom is -0.492 e. The Labute approximate surface area is 166 Å². The molecule has 5 nitrogen and oxygen atoms in total. The number of nitrogens with zero attached hydrogens (tertiary/aromatic N) is 1. The van der Waals surface area contributed by atoms with E-state index < -0.39 is 5.54 Å². The second-order valence-electron chi connectivity index (χ2n) is 7.90. The van der Waals surface area contributed by atoms with Crippen molar-refractivity contribution >= 4 is 11.9 Å². The van der Waals surface area contributed by atoms with Gasteiger partial charge in [0.1, 0.15) is 17.9 Å². The summed E-state index contributed by atoms with van der Waals surface area (Å²) in [5.41, 5.74) is 3.30. The van der Waals surface area contributed by atoms with E-state index in [0.717, 1.165) is 16.9 Å². The van der Waals surface area contributed by atoms with Gasteiger partial charge in [-0.15, -0.1) is 0 Å². The number of imide groups is 1. The highest BCUT2D eigenvalue weighted by Gasteiger charge is 2.48. The van der Waals surface area contributed by atoms with Gasteiger partial charge < -0.3 is 10.1 Å². The Kier molecular flexibility index (Phi) is 5.45. The number of carbonyl (C=O) groups is 2. The molecule has 0 radical (unpaired) electrons. The minimum atomic E-state index is -1.04. The fourth-order valence-corrected chi connectivity index (χ4v) is 3.62. The lowest BCUT2D eigenvalue weighted by Gasteiger charge is -2.22. The van der Waals surface area contributed by atoms with E-state index in [4.69, 9.17) is 4.74 Å². The van der Waals surface area contributed by atoms with Gasteiger partial charge in [0.15, 0.2) is 0 Å². The SMILES string of the molecule is Cc1ccc(C2(C)NC(=O)N(CCOc3ccc(C(C)C)c(C)c3)C2=O)cc1. The lowest BCUT2D eigenvalue weighted by Crippen LogP contribution is -2.41. The Morgan fingerprint density at radius 3 is 2.36 bits per heavy atom. The van der Waals surface area contributed by atoms with Gasteiger partial charge in [0, 0.05) is 0 Å². The average Bonchev–Trinajstić information content (AvgIpc) is 2.86. The van der Waals surface area contributed by atoms with Crippen LogP contribution in [0.4, 0.5) is 4.79 Å². The van der Waals surface area contributed by atoms with Crippen molar-refractivity contribution in [3.05, 3.63) is 64.7 Å². The van der Waals surface area contributed by atoms with E-state index in [9.17, 15) is 9.59 Å². The molecule has 0 bridgehead atoms. The fraction of sp³-hybridized carbons (Fsp3) is 0.391. The quantitative estimate of drug-likeness (QED) is 0.761. The Hall–Kier alpha value is -2.82. The molecular formula is C23H28N2O3. The molecule has 148 valence electrons. The van der Waals surface area contributed by atoms with Crippen LogP contribution in [0.3, 0.4) is 0 Å². The van der Waals surface area contributed by atoms with Crippen LogP contribution in [0.2, 0.25) is 0 Å². The number of urea groups is 1. The molecule has 1 atom stereocenters. The summed E-state index contributed by atoms with van der Waals surface area (Å²) >= 11 is 0. The number of benzene rings is 2. The number of aryl methyl sites for hydroxylation is 2. The highest BCUT2D eigenvalue weighted by Crippen LogP contribution is 2.29. The number of nitrogens with one attached hydrogen (secondary N) is 1. The van der Waals surface area contributed by atoms with Crippen molar-refractivity contribution in [1.82, 2.24) is 10.2 Å². The van der Waals surface area contributed by atoms with Gasteiger partial charge in [-0.2, -0.15) is 0 Å². The molecule has 0 aliphatic carbocycles. The van der Waals surface area contributed by atoms with E-state index >= 15 is 0 Å². The van der Waals surface area contributed by atoms with E-state index in [1.165, 1.54) is 16.0 Å². The molecule has 0 saturated carbocycles. The molecule has 1 saturated heterocycles. The summed E-state index contributed by atoms with van der Waals surface area (Å²) in [6.45, 7) is 10.6. The van der Waals surface area contributed by atoms with Crippen molar-refractivity contribution in [1.29, 1.82) is 0 Å². The predicted octanol–water partition coefficient (Wildman–Crippen LogP) is 4.27. The van der Waals surface area contributed by atoms with Gasteiger partial charge in [-0.25, -0.2) is 4.79 Å². The van der Waals surface area contributed by atoms with Gasteiger partial charge in [-0.1, -0.05) is 49.7 Å². The molecule has 1 fully saturated rings. The van der Waals surface area contributed by atoms with Gasteiger partial charge in [-0.05, 0) is 55.5 Å². The van der Waals surface area contributed by atoms with Crippen LogP contribution in [0.15, 0.2) is 42.5 Å². The zero-order valence-corrected chi connectivity index (χ0v) is 17.2. The Bertz CT molecular complexity index is 889. The van der Waals surface area contributed by atoms with E-state index in [2.05, 4.69) is 32.2 Å². The smallest absolute Gasteiger partial charge is 0.325 e. The molecule has 2 aromatic carbocycles. The van der Waals surface area contributed by atoms with Crippen LogP contribution in [0.25, 0.3) is 0 Å². The third kappa shape index (κ3) is 3.75. The molecule has 0 aromatic heterocycles. The molecule has 1 unspecified atom stereocenters. The maximum atomic E-state index is 12.9. The van der Waals surface area contributed by atoms with Crippen molar-refractivity contribution in [3.8, 4) is 5.75 Å². The summed E-state index contributed by atoms with van der Waals surface area (Å²) in [7, 11) is 0. The maximum Gasteiger partial charge on any atom is 0.325 e. The molecule has 2 aromatic rings. The Morgan fingerprint density at radius 1 is 1.07 bits per heavy atom. The minimum absolute atomic E-state index is 0.205. The Balaban J connectivity index is 1.65. The van der Waals surface area contributed by atoms with E-state index in [-0.39, 0.29) is 25.1 Å². The first-order valence-corrected chi connectivity index (χ1v) is 9.67. The van der Waals surface area contributed by atoms with Gasteiger partial charge >= 0.3 is 6.03 Å². The van der Waals surface area contributed by atoms with Crippen LogP contribution < -0.4 is 10.1 Å². The summed E-state index contributed by atoms with van der Waals surface area (Å²) < 4.78 is 5.80. The summed E-state index contributed by atoms with van der Waals surface area (Å²) in [6, 6.07) is 13.3. The molecule has 5 heteroatoms. The second kappa shape index (κ2) is 7.66. The molecule has 3 amide bonds. The van der Waals surface area contributed by atoms with E-state index in [0.29, 0.717) is 5.92 Å². The van der Waals surface area contributed by atoms with Crippen LogP contribution in [0, 0.1) is 13.8 Å². The van der Waals surface area contributed by atoms with Crippen LogP contribution >= 0.6 is 0 Å². The van der Waals surface area contributed by atoms with Gasteiger partial charge in [0.2, 0.25) is 0 Å². The first-order chi connectivity index (χ1) is 13.2. The summed E-state index contributed by atoms with van der Waals surface area (Å²) in [5.74, 6) is 0.950. The number of amides is 3. The number of hydrogen-bond donors (Lipinski definition) is 1. The third-order valence-corrected chi connectivity index (χ3v) is 5.35. The van der Waals surface area contributed by atoms with E-state index in [1.54, 1.807) is 6.92 Å². The zero-order valence-electron chi connectivity index (χ0n) is 17.2. The topological polar surface area (TPSA) is 58.6 Å². The first kappa shape index (κ1) is 19.9. The predicted molar refractivity (Wildman–Crippen MR) is 110 cm³/mol. The molecule has 3 rings (SSSR count). The fourth-order valence-electron chi connectivity index (χ4n) is 3.62. The van der Waals surface area contributed by atoms with Crippen LogP contribution in [0.5, 0.6) is 5.75 Å². The van der Waals surface area contributed by atoms with Crippen molar-refractivity contribution in [2.45, 2.75) is 46.1 Å². The van der Waals surface area contributed by atoms with Crippen molar-refractivity contribution in [2.24, 2.45) is 0 Å². The van der Waals surface area contributed by atoms with Crippen LogP contribution in [0.1, 0.15) is 48.9 Å². The van der Waals surface area contributed by atoms with Gasteiger partial charge in [-0.3, -0.25) is 9.69 Å². The number of rotatable bonds is 6. The molecular weight excluding hydrogens is 352 g/mol. The third-order valence-electron chi connectivity index (χ3n) is 5.35. The maximum absolute atomic E-state index is 12.9. The summed E-state index contributed by atoms with van der Waals surface area (Å²) in [5, 5.41) is 2.83. The largest absolute Gasteiger partial charge is 0.492 e. The molecule has 1 heterocycles. The van der Waals surface area contributed by atoms with Crippen molar-refractivity contribution < 1.29 is 14.3 Å². The number of ether oxygens (including phenoxy) is 1. The van der Waals surface area contributed by atoms with Crippen molar-refractivity contribution in [3.63, 3.8) is 0 Å². The molecule has 1 aliphatic rings.